The van der Waals surface area contributed by atoms with E-state index in [1.54, 1.807) is 13.1 Å². The van der Waals surface area contributed by atoms with Crippen LogP contribution in [0.2, 0.25) is 0 Å². The first-order valence-electron chi connectivity index (χ1n) is 1.35. The maximum Gasteiger partial charge on any atom is 0.0239 e. The SMILES string of the molecule is C=N/N=C\C. The smallest absolute Gasteiger partial charge is 0.0239 e. The zero-order valence-electron chi connectivity index (χ0n) is 3.18. The predicted octanol–water partition coefficient (Wildman–Crippen LogP) is 0.693. The van der Waals surface area contributed by atoms with Crippen LogP contribution in [0.4, 0.5) is 0 Å². The molecule has 2 heteroatoms. The van der Waals surface area contributed by atoms with Crippen molar-refractivity contribution in [3.63, 3.8) is 0 Å². The molecule has 0 fully saturated rings. The van der Waals surface area contributed by atoms with Crippen LogP contribution in [-0.4, -0.2) is 12.9 Å². The Labute approximate surface area is 31.2 Å². The summed E-state index contributed by atoms with van der Waals surface area (Å²) in [6.07, 6.45) is 1.58. The van der Waals surface area contributed by atoms with Crippen molar-refractivity contribution < 1.29 is 0 Å². The average Bonchev–Trinajstić information content (AvgIpc) is 1.41. The number of hydrogen-bond acceptors (Lipinski definition) is 2. The minimum atomic E-state index is 1.58. The summed E-state index contributed by atoms with van der Waals surface area (Å²) < 4.78 is 0. The zero-order chi connectivity index (χ0) is 4.12. The van der Waals surface area contributed by atoms with Crippen molar-refractivity contribution in [2.24, 2.45) is 10.2 Å². The lowest BCUT2D eigenvalue weighted by molar-refractivity contribution is 1.28. The first-order chi connectivity index (χ1) is 2.41. The molecule has 0 unspecified atom stereocenters. The molecule has 0 saturated heterocycles. The maximum absolute atomic E-state index is 3.36. The second-order valence-corrected chi connectivity index (χ2v) is 0.515. The summed E-state index contributed by atoms with van der Waals surface area (Å²) >= 11 is 0. The third-order valence-electron chi connectivity index (χ3n) is 0.197. The Hall–Kier alpha value is -0.660. The molecule has 0 saturated carbocycles. The van der Waals surface area contributed by atoms with Crippen LogP contribution in [0.1, 0.15) is 6.92 Å². The summed E-state index contributed by atoms with van der Waals surface area (Å²) in [5, 5.41) is 6.53. The highest BCUT2D eigenvalue weighted by atomic mass is 15.2. The first-order valence-corrected chi connectivity index (χ1v) is 1.35. The molecule has 0 aromatic rings. The van der Waals surface area contributed by atoms with E-state index in [1.807, 2.05) is 0 Å². The lowest BCUT2D eigenvalue weighted by Gasteiger charge is -1.58. The molecule has 0 N–H and O–H groups in total. The van der Waals surface area contributed by atoms with E-state index in [4.69, 9.17) is 0 Å². The molecule has 2 nitrogen and oxygen atoms in total. The van der Waals surface area contributed by atoms with Gasteiger partial charge in [0.2, 0.25) is 0 Å². The van der Waals surface area contributed by atoms with E-state index in [2.05, 4.69) is 16.9 Å². The van der Waals surface area contributed by atoms with Crippen molar-refractivity contribution in [2.75, 3.05) is 0 Å². The van der Waals surface area contributed by atoms with E-state index < -0.39 is 0 Å². The van der Waals surface area contributed by atoms with Crippen LogP contribution in [-0.2, 0) is 0 Å². The minimum absolute atomic E-state index is 1.58. The summed E-state index contributed by atoms with van der Waals surface area (Å²) in [5.74, 6) is 0. The maximum atomic E-state index is 3.36. The Bertz CT molecular complexity index is 46.9. The highest BCUT2D eigenvalue weighted by molar-refractivity contribution is 5.53. The number of nitrogens with zero attached hydrogens (tertiary/aromatic N) is 2. The third-order valence-corrected chi connectivity index (χ3v) is 0.197. The van der Waals surface area contributed by atoms with Gasteiger partial charge in [0.25, 0.3) is 0 Å². The fourth-order valence-electron chi connectivity index (χ4n) is 0.0816. The van der Waals surface area contributed by atoms with Crippen molar-refractivity contribution in [2.45, 2.75) is 6.92 Å². The molecule has 5 heavy (non-hydrogen) atoms. The van der Waals surface area contributed by atoms with Crippen LogP contribution in [0.25, 0.3) is 0 Å². The van der Waals surface area contributed by atoms with Gasteiger partial charge in [-0.2, -0.15) is 10.2 Å². The van der Waals surface area contributed by atoms with Crippen LogP contribution < -0.4 is 0 Å². The predicted molar refractivity (Wildman–Crippen MR) is 23.7 cm³/mol. The quantitative estimate of drug-likeness (QED) is 0.320. The molecule has 0 aliphatic rings. The van der Waals surface area contributed by atoms with E-state index in [1.165, 1.54) is 0 Å². The molecule has 0 rings (SSSR count). The van der Waals surface area contributed by atoms with Crippen molar-refractivity contribution in [3.05, 3.63) is 0 Å². The third kappa shape index (κ3) is 3.34. The Morgan fingerprint density at radius 2 is 2.40 bits per heavy atom. The first kappa shape index (κ1) is 4.34. The van der Waals surface area contributed by atoms with Gasteiger partial charge in [-0.25, -0.2) is 0 Å². The van der Waals surface area contributed by atoms with Crippen LogP contribution in [0.15, 0.2) is 10.2 Å². The van der Waals surface area contributed by atoms with Gasteiger partial charge in [-0.3, -0.25) is 0 Å². The van der Waals surface area contributed by atoms with Gasteiger partial charge in [0.15, 0.2) is 0 Å². The molecule has 0 spiro atoms. The van der Waals surface area contributed by atoms with Crippen molar-refractivity contribution >= 4 is 12.9 Å². The molecule has 0 bridgehead atoms. The van der Waals surface area contributed by atoms with Gasteiger partial charge in [-0.15, -0.1) is 0 Å². The van der Waals surface area contributed by atoms with Gasteiger partial charge in [-0.05, 0) is 6.92 Å². The second-order valence-electron chi connectivity index (χ2n) is 0.515. The molecule has 0 atom stereocenters. The molecule has 0 radical (unpaired) electrons. The van der Waals surface area contributed by atoms with Crippen molar-refractivity contribution in [1.29, 1.82) is 0 Å². The van der Waals surface area contributed by atoms with Crippen LogP contribution >= 0.6 is 0 Å². The van der Waals surface area contributed by atoms with Crippen molar-refractivity contribution in [3.8, 4) is 0 Å². The normalized spacial score (nSPS) is 9.00. The lowest BCUT2D eigenvalue weighted by atomic mass is 10.9. The van der Waals surface area contributed by atoms with Gasteiger partial charge >= 0.3 is 0 Å². The summed E-state index contributed by atoms with van der Waals surface area (Å²) in [6, 6.07) is 0. The minimum Gasteiger partial charge on any atom is -0.167 e. The molecule has 0 amide bonds. The highest BCUT2D eigenvalue weighted by Gasteiger charge is 1.40. The molecular formula is C3H6N2. The summed E-state index contributed by atoms with van der Waals surface area (Å²) in [7, 11) is 0. The fraction of sp³-hybridized carbons (Fsp3) is 0.333. The molecule has 0 aliphatic carbocycles. The highest BCUT2D eigenvalue weighted by Crippen LogP contribution is 1.55. The summed E-state index contributed by atoms with van der Waals surface area (Å²) in [5.41, 5.74) is 0. The monoisotopic (exact) mass is 70.1 g/mol. The fourth-order valence-corrected chi connectivity index (χ4v) is 0.0816. The molecule has 0 aromatic heterocycles. The van der Waals surface area contributed by atoms with Gasteiger partial charge in [-0.1, -0.05) is 0 Å². The molecule has 0 aromatic carbocycles. The van der Waals surface area contributed by atoms with E-state index in [0.717, 1.165) is 0 Å². The lowest BCUT2D eigenvalue weighted by Crippen LogP contribution is -1.48. The Morgan fingerprint density at radius 1 is 1.80 bits per heavy atom. The van der Waals surface area contributed by atoms with E-state index in [9.17, 15) is 0 Å². The van der Waals surface area contributed by atoms with Gasteiger partial charge in [0.05, 0.1) is 0 Å². The molecular weight excluding hydrogens is 64.0 g/mol. The van der Waals surface area contributed by atoms with E-state index in [-0.39, 0.29) is 0 Å². The van der Waals surface area contributed by atoms with Crippen LogP contribution in [0.3, 0.4) is 0 Å². The van der Waals surface area contributed by atoms with E-state index >= 15 is 0 Å². The zero-order valence-corrected chi connectivity index (χ0v) is 3.18. The second kappa shape index (κ2) is 3.34. The molecule has 28 valence electrons. The Morgan fingerprint density at radius 3 is 2.40 bits per heavy atom. The number of rotatable bonds is 1. The summed E-state index contributed by atoms with van der Waals surface area (Å²) in [6.45, 7) is 4.89. The summed E-state index contributed by atoms with van der Waals surface area (Å²) in [4.78, 5) is 0. The number of hydrogen-bond donors (Lipinski definition) is 0. The van der Waals surface area contributed by atoms with Gasteiger partial charge in [0.1, 0.15) is 0 Å². The Balaban J connectivity index is 2.92. The average molecular weight is 70.1 g/mol. The van der Waals surface area contributed by atoms with Crippen molar-refractivity contribution in [1.82, 2.24) is 0 Å². The van der Waals surface area contributed by atoms with Gasteiger partial charge < -0.3 is 0 Å². The van der Waals surface area contributed by atoms with E-state index in [0.29, 0.717) is 0 Å². The molecule has 0 heterocycles. The topological polar surface area (TPSA) is 24.7 Å². The Kier molecular flexibility index (Phi) is 2.90. The standard InChI is InChI=1S/C3H6N2/c1-3-5-4-2/h3H,2H2,1H3/b5-3-. The van der Waals surface area contributed by atoms with Crippen LogP contribution in [0, 0.1) is 0 Å². The van der Waals surface area contributed by atoms with Crippen LogP contribution in [0.5, 0.6) is 0 Å². The van der Waals surface area contributed by atoms with Gasteiger partial charge in [0, 0.05) is 12.9 Å². The molecule has 0 aliphatic heterocycles. The largest absolute Gasteiger partial charge is 0.167 e.